The summed E-state index contributed by atoms with van der Waals surface area (Å²) in [4.78, 5) is 0. The quantitative estimate of drug-likeness (QED) is 0.774. The van der Waals surface area contributed by atoms with Crippen molar-refractivity contribution in [2.75, 3.05) is 0 Å². The number of rotatable bonds is 1. The van der Waals surface area contributed by atoms with Crippen LogP contribution >= 0.6 is 0 Å². The highest BCUT2D eigenvalue weighted by molar-refractivity contribution is 6.44. The first-order valence-corrected chi connectivity index (χ1v) is 8.53. The van der Waals surface area contributed by atoms with Crippen LogP contribution in [-0.2, 0) is 4.74 Å². The molecule has 0 spiro atoms. The van der Waals surface area contributed by atoms with Gasteiger partial charge in [-0.25, -0.2) is 0 Å². The minimum atomic E-state index is -1.45. The van der Waals surface area contributed by atoms with E-state index in [1.165, 1.54) is 11.1 Å². The summed E-state index contributed by atoms with van der Waals surface area (Å²) in [6.07, 6.45) is 9.20. The van der Waals surface area contributed by atoms with Gasteiger partial charge in [-0.05, 0) is 35.5 Å². The van der Waals surface area contributed by atoms with Gasteiger partial charge in [0.25, 0.3) is 0 Å². The van der Waals surface area contributed by atoms with Gasteiger partial charge in [0, 0.05) is 11.1 Å². The predicted octanol–water partition coefficient (Wildman–Crippen LogP) is 3.78. The van der Waals surface area contributed by atoms with E-state index in [4.69, 9.17) is 4.74 Å². The van der Waals surface area contributed by atoms with E-state index < -0.39 is 12.9 Å². The van der Waals surface area contributed by atoms with Gasteiger partial charge in [0.1, 0.15) is 11.5 Å². The van der Waals surface area contributed by atoms with Crippen molar-refractivity contribution >= 4 is 18.3 Å². The third-order valence-electron chi connectivity index (χ3n) is 5.18. The molecule has 2 aliphatic carbocycles. The Bertz CT molecular complexity index is 801. The van der Waals surface area contributed by atoms with Gasteiger partial charge in [-0.2, -0.15) is 0 Å². The van der Waals surface area contributed by atoms with Crippen LogP contribution in [-0.4, -0.2) is 17.2 Å². The van der Waals surface area contributed by atoms with Gasteiger partial charge in [-0.3, -0.25) is 0 Å². The van der Waals surface area contributed by atoms with Gasteiger partial charge in [-0.1, -0.05) is 56.3 Å². The van der Waals surface area contributed by atoms with Crippen LogP contribution in [0.15, 0.2) is 60.1 Å². The van der Waals surface area contributed by atoms with Crippen LogP contribution in [0.1, 0.15) is 31.4 Å². The summed E-state index contributed by atoms with van der Waals surface area (Å²) >= 11 is 0. The van der Waals surface area contributed by atoms with Crippen LogP contribution < -0.4 is 0 Å². The molecule has 0 radical (unpaired) electrons. The number of ether oxygens (including phenoxy) is 1. The van der Waals surface area contributed by atoms with Crippen molar-refractivity contribution in [3.63, 3.8) is 0 Å². The summed E-state index contributed by atoms with van der Waals surface area (Å²) in [5, 5.41) is 19.9. The highest BCUT2D eigenvalue weighted by Gasteiger charge is 2.39. The molecule has 0 amide bonds. The first kappa shape index (κ1) is 15.5. The molecule has 3 aliphatic rings. The van der Waals surface area contributed by atoms with Crippen molar-refractivity contribution in [3.05, 3.63) is 71.2 Å². The zero-order chi connectivity index (χ0) is 16.8. The van der Waals surface area contributed by atoms with Crippen molar-refractivity contribution in [2.24, 2.45) is 11.8 Å². The third kappa shape index (κ3) is 2.38. The molecular formula is C20H21BO3. The van der Waals surface area contributed by atoms with E-state index in [-0.39, 0.29) is 5.92 Å². The topological polar surface area (TPSA) is 49.7 Å². The molecule has 1 aromatic carbocycles. The van der Waals surface area contributed by atoms with Crippen molar-refractivity contribution in [1.82, 2.24) is 0 Å². The Morgan fingerprint density at radius 2 is 1.79 bits per heavy atom. The average molecular weight is 320 g/mol. The lowest BCUT2D eigenvalue weighted by Crippen LogP contribution is -2.29. The van der Waals surface area contributed by atoms with E-state index in [2.05, 4.69) is 31.2 Å². The number of benzene rings is 1. The maximum Gasteiger partial charge on any atom is 0.463 e. The maximum atomic E-state index is 9.94. The summed E-state index contributed by atoms with van der Waals surface area (Å²) in [5.74, 6) is 1.50. The first-order valence-electron chi connectivity index (χ1n) is 8.53. The normalized spacial score (nSPS) is 27.9. The van der Waals surface area contributed by atoms with Gasteiger partial charge < -0.3 is 14.8 Å². The molecule has 0 saturated carbocycles. The molecule has 4 rings (SSSR count). The minimum absolute atomic E-state index is 0.00422. The Kier molecular flexibility index (Phi) is 3.74. The van der Waals surface area contributed by atoms with Crippen molar-refractivity contribution in [3.8, 4) is 0 Å². The van der Waals surface area contributed by atoms with Crippen LogP contribution in [0.4, 0.5) is 0 Å². The predicted molar refractivity (Wildman–Crippen MR) is 96.5 cm³/mol. The van der Waals surface area contributed by atoms with Crippen molar-refractivity contribution in [1.29, 1.82) is 0 Å². The molecule has 2 N–H and O–H groups in total. The van der Waals surface area contributed by atoms with Crippen molar-refractivity contribution < 1.29 is 14.8 Å². The number of hydrogen-bond donors (Lipinski definition) is 2. The van der Waals surface area contributed by atoms with E-state index in [0.29, 0.717) is 11.7 Å². The van der Waals surface area contributed by atoms with Gasteiger partial charge in [-0.15, -0.1) is 0 Å². The third-order valence-corrected chi connectivity index (χ3v) is 5.18. The molecule has 0 aromatic heterocycles. The molecular weight excluding hydrogens is 299 g/mol. The van der Waals surface area contributed by atoms with Gasteiger partial charge in [0.2, 0.25) is 0 Å². The lowest BCUT2D eigenvalue weighted by Gasteiger charge is -2.29. The Balaban J connectivity index is 1.95. The van der Waals surface area contributed by atoms with E-state index in [9.17, 15) is 10.0 Å². The largest absolute Gasteiger partial charge is 0.463 e. The van der Waals surface area contributed by atoms with Gasteiger partial charge in [0.05, 0.1) is 5.82 Å². The summed E-state index contributed by atoms with van der Waals surface area (Å²) in [6, 6.07) is 8.29. The number of hydrogen-bond acceptors (Lipinski definition) is 3. The lowest BCUT2D eigenvalue weighted by molar-refractivity contribution is 0.271. The Hall–Kier alpha value is -2.04. The molecule has 122 valence electrons. The summed E-state index contributed by atoms with van der Waals surface area (Å²) in [6.45, 7) is 4.18. The molecule has 3 atom stereocenters. The van der Waals surface area contributed by atoms with Crippen LogP contribution in [0, 0.1) is 11.8 Å². The van der Waals surface area contributed by atoms with Crippen LogP contribution in [0.2, 0.25) is 5.82 Å². The van der Waals surface area contributed by atoms with Gasteiger partial charge in [0.15, 0.2) is 0 Å². The summed E-state index contributed by atoms with van der Waals surface area (Å²) in [7, 11) is -1.45. The average Bonchev–Trinajstić information content (AvgIpc) is 2.69. The Morgan fingerprint density at radius 1 is 1.04 bits per heavy atom. The minimum Gasteiger partial charge on any atom is -0.461 e. The molecule has 4 heteroatoms. The molecule has 0 saturated heterocycles. The molecule has 0 bridgehead atoms. The fourth-order valence-corrected chi connectivity index (χ4v) is 3.90. The second kappa shape index (κ2) is 5.80. The zero-order valence-electron chi connectivity index (χ0n) is 13.9. The molecule has 1 aromatic rings. The molecule has 0 fully saturated rings. The SMILES string of the molecule is CC1C=CC2=C(C1)c1ccccc1C1=C(O2)C(B(O)O)C(C)C=C1. The molecule has 3 unspecified atom stereocenters. The monoisotopic (exact) mass is 320 g/mol. The first-order chi connectivity index (χ1) is 11.6. The summed E-state index contributed by atoms with van der Waals surface area (Å²) < 4.78 is 6.30. The van der Waals surface area contributed by atoms with E-state index in [1.807, 2.05) is 31.2 Å². The second-order valence-corrected chi connectivity index (χ2v) is 6.97. The Labute approximate surface area is 142 Å². The van der Waals surface area contributed by atoms with E-state index in [0.717, 1.165) is 23.3 Å². The van der Waals surface area contributed by atoms with E-state index in [1.54, 1.807) is 0 Å². The number of fused-ring (bicyclic) bond motifs is 3. The molecule has 3 nitrogen and oxygen atoms in total. The maximum absolute atomic E-state index is 9.94. The van der Waals surface area contributed by atoms with Crippen LogP contribution in [0.3, 0.4) is 0 Å². The molecule has 1 aliphatic heterocycles. The van der Waals surface area contributed by atoms with Gasteiger partial charge >= 0.3 is 7.12 Å². The highest BCUT2D eigenvalue weighted by atomic mass is 16.5. The van der Waals surface area contributed by atoms with Crippen LogP contribution in [0.5, 0.6) is 0 Å². The second-order valence-electron chi connectivity index (χ2n) is 6.97. The fraction of sp³-hybridized carbons (Fsp3) is 0.300. The fourth-order valence-electron chi connectivity index (χ4n) is 3.90. The number of allylic oxidation sites excluding steroid dienone is 7. The summed E-state index contributed by atoms with van der Waals surface area (Å²) in [5.41, 5.74) is 4.44. The Morgan fingerprint density at radius 3 is 2.54 bits per heavy atom. The lowest BCUT2D eigenvalue weighted by atomic mass is 9.62. The zero-order valence-corrected chi connectivity index (χ0v) is 13.9. The molecule has 24 heavy (non-hydrogen) atoms. The van der Waals surface area contributed by atoms with Crippen molar-refractivity contribution in [2.45, 2.75) is 26.1 Å². The molecule has 1 heterocycles. The standard InChI is InChI=1S/C20H21BO3/c1-12-7-10-18-17(11-12)15-6-4-3-5-14(15)16-9-8-13(2)19(21(22)23)20(16)24-18/h3-10,12-13,19,22-23H,11H2,1-2H3. The van der Waals surface area contributed by atoms with Crippen LogP contribution in [0.25, 0.3) is 11.1 Å². The highest BCUT2D eigenvalue weighted by Crippen LogP contribution is 2.47. The smallest absolute Gasteiger partial charge is 0.461 e. The van der Waals surface area contributed by atoms with E-state index >= 15 is 0 Å².